The number of carbonyl (C=O) groups is 1. The van der Waals surface area contributed by atoms with Crippen molar-refractivity contribution in [2.45, 2.75) is 6.92 Å². The Labute approximate surface area is 126 Å². The van der Waals surface area contributed by atoms with Crippen LogP contribution in [-0.2, 0) is 4.74 Å². The van der Waals surface area contributed by atoms with Crippen LogP contribution in [0.4, 0.5) is 5.82 Å². The number of anilines is 1. The van der Waals surface area contributed by atoms with Crippen LogP contribution in [0.15, 0.2) is 47.1 Å². The summed E-state index contributed by atoms with van der Waals surface area (Å²) in [5.41, 5.74) is 8.56. The molecule has 0 fully saturated rings. The van der Waals surface area contributed by atoms with E-state index >= 15 is 0 Å². The van der Waals surface area contributed by atoms with Crippen LogP contribution in [0.5, 0.6) is 0 Å². The summed E-state index contributed by atoms with van der Waals surface area (Å²) in [6.45, 7) is 2.07. The van der Waals surface area contributed by atoms with Gasteiger partial charge in [0.2, 0.25) is 0 Å². The second kappa shape index (κ2) is 5.77. The largest absolute Gasteiger partial charge is 0.461 e. The van der Waals surface area contributed by atoms with Crippen LogP contribution in [-0.4, -0.2) is 22.7 Å². The standard InChI is InChI=1S/C16H15N3O3/c1-2-21-16(20)12-8-11(9-18-12)14-13(15(17)19-22-14)10-6-4-3-5-7-10/h3-9,18H,2H2,1H3,(H2,17,19). The highest BCUT2D eigenvalue weighted by Gasteiger charge is 2.20. The molecule has 0 saturated carbocycles. The van der Waals surface area contributed by atoms with E-state index in [-0.39, 0.29) is 0 Å². The number of nitrogens with two attached hydrogens (primary N) is 1. The molecule has 0 atom stereocenters. The SMILES string of the molecule is CCOC(=O)c1cc(-c2onc(N)c2-c2ccccc2)c[nH]1. The zero-order valence-electron chi connectivity index (χ0n) is 12.0. The lowest BCUT2D eigenvalue weighted by Crippen LogP contribution is -2.04. The maximum atomic E-state index is 11.7. The number of hydrogen-bond acceptors (Lipinski definition) is 5. The fourth-order valence-corrected chi connectivity index (χ4v) is 2.24. The zero-order chi connectivity index (χ0) is 15.5. The summed E-state index contributed by atoms with van der Waals surface area (Å²) < 4.78 is 10.3. The van der Waals surface area contributed by atoms with Crippen molar-refractivity contribution in [1.82, 2.24) is 10.1 Å². The van der Waals surface area contributed by atoms with Crippen LogP contribution in [0.3, 0.4) is 0 Å². The van der Waals surface area contributed by atoms with E-state index in [2.05, 4.69) is 10.1 Å². The molecule has 3 rings (SSSR count). The highest BCUT2D eigenvalue weighted by molar-refractivity contribution is 5.92. The lowest BCUT2D eigenvalue weighted by Gasteiger charge is -2.00. The van der Waals surface area contributed by atoms with Gasteiger partial charge in [0.05, 0.1) is 12.2 Å². The van der Waals surface area contributed by atoms with Gasteiger partial charge < -0.3 is 20.0 Å². The molecule has 6 nitrogen and oxygen atoms in total. The van der Waals surface area contributed by atoms with Crippen LogP contribution in [0.25, 0.3) is 22.5 Å². The second-order valence-corrected chi connectivity index (χ2v) is 4.66. The summed E-state index contributed by atoms with van der Waals surface area (Å²) in [6.07, 6.45) is 1.67. The number of nitrogens with one attached hydrogen (secondary N) is 1. The normalized spacial score (nSPS) is 10.6. The predicted molar refractivity (Wildman–Crippen MR) is 82.1 cm³/mol. The van der Waals surface area contributed by atoms with Gasteiger partial charge in [0, 0.05) is 11.8 Å². The van der Waals surface area contributed by atoms with E-state index in [1.165, 1.54) is 0 Å². The number of nitrogen functional groups attached to an aromatic ring is 1. The number of rotatable bonds is 4. The third-order valence-electron chi connectivity index (χ3n) is 3.22. The van der Waals surface area contributed by atoms with E-state index in [0.29, 0.717) is 35.0 Å². The molecule has 0 aliphatic carbocycles. The van der Waals surface area contributed by atoms with Crippen LogP contribution in [0, 0.1) is 0 Å². The minimum atomic E-state index is -0.414. The zero-order valence-corrected chi connectivity index (χ0v) is 12.0. The molecule has 0 unspecified atom stereocenters. The summed E-state index contributed by atoms with van der Waals surface area (Å²) in [7, 11) is 0. The Morgan fingerprint density at radius 2 is 2.09 bits per heavy atom. The number of aromatic amines is 1. The quantitative estimate of drug-likeness (QED) is 0.722. The van der Waals surface area contributed by atoms with Gasteiger partial charge in [-0.3, -0.25) is 0 Å². The van der Waals surface area contributed by atoms with Crippen LogP contribution >= 0.6 is 0 Å². The summed E-state index contributed by atoms with van der Waals surface area (Å²) in [5, 5.41) is 3.83. The fraction of sp³-hybridized carbons (Fsp3) is 0.125. The topological polar surface area (TPSA) is 94.1 Å². The number of ether oxygens (including phenoxy) is 1. The molecule has 0 radical (unpaired) electrons. The van der Waals surface area contributed by atoms with Crippen molar-refractivity contribution >= 4 is 11.8 Å². The molecule has 3 aromatic rings. The molecule has 3 N–H and O–H groups in total. The van der Waals surface area contributed by atoms with Gasteiger partial charge in [0.1, 0.15) is 5.69 Å². The molecule has 0 spiro atoms. The molecule has 2 heterocycles. The lowest BCUT2D eigenvalue weighted by atomic mass is 10.0. The minimum absolute atomic E-state index is 0.306. The van der Waals surface area contributed by atoms with E-state index < -0.39 is 5.97 Å². The Hall–Kier alpha value is -3.02. The van der Waals surface area contributed by atoms with Crippen molar-refractivity contribution in [1.29, 1.82) is 0 Å². The van der Waals surface area contributed by atoms with Crippen molar-refractivity contribution < 1.29 is 14.1 Å². The van der Waals surface area contributed by atoms with Gasteiger partial charge in [0.25, 0.3) is 0 Å². The van der Waals surface area contributed by atoms with E-state index in [4.69, 9.17) is 15.0 Å². The van der Waals surface area contributed by atoms with E-state index in [0.717, 1.165) is 5.56 Å². The van der Waals surface area contributed by atoms with Crippen LogP contribution in [0.2, 0.25) is 0 Å². The second-order valence-electron chi connectivity index (χ2n) is 4.66. The van der Waals surface area contributed by atoms with Gasteiger partial charge in [-0.15, -0.1) is 0 Å². The number of nitrogens with zero attached hydrogens (tertiary/aromatic N) is 1. The molecule has 0 amide bonds. The molecule has 1 aromatic carbocycles. The van der Waals surface area contributed by atoms with Gasteiger partial charge in [-0.25, -0.2) is 4.79 Å². The monoisotopic (exact) mass is 297 g/mol. The number of benzene rings is 1. The van der Waals surface area contributed by atoms with Gasteiger partial charge in [-0.1, -0.05) is 35.5 Å². The first-order chi connectivity index (χ1) is 10.7. The van der Waals surface area contributed by atoms with E-state index in [1.54, 1.807) is 19.2 Å². The van der Waals surface area contributed by atoms with Crippen molar-refractivity contribution in [3.05, 3.63) is 48.3 Å². The minimum Gasteiger partial charge on any atom is -0.461 e. The molecule has 0 bridgehead atoms. The molecule has 22 heavy (non-hydrogen) atoms. The Bertz CT molecular complexity index is 790. The van der Waals surface area contributed by atoms with Gasteiger partial charge >= 0.3 is 5.97 Å². The summed E-state index contributed by atoms with van der Waals surface area (Å²) >= 11 is 0. The van der Waals surface area contributed by atoms with Crippen molar-refractivity contribution in [2.75, 3.05) is 12.3 Å². The molecule has 0 saturated heterocycles. The molecule has 6 heteroatoms. The number of H-pyrrole nitrogens is 1. The predicted octanol–water partition coefficient (Wildman–Crippen LogP) is 3.10. The molecule has 0 aliphatic rings. The fourth-order valence-electron chi connectivity index (χ4n) is 2.24. The highest BCUT2D eigenvalue weighted by atomic mass is 16.5. The third-order valence-corrected chi connectivity index (χ3v) is 3.22. The van der Waals surface area contributed by atoms with Gasteiger partial charge in [0.15, 0.2) is 11.6 Å². The van der Waals surface area contributed by atoms with Gasteiger partial charge in [-0.2, -0.15) is 0 Å². The average molecular weight is 297 g/mol. The first kappa shape index (κ1) is 13.9. The number of aromatic nitrogens is 2. The van der Waals surface area contributed by atoms with Crippen molar-refractivity contribution in [3.8, 4) is 22.5 Å². The number of hydrogen-bond donors (Lipinski definition) is 2. The summed E-state index contributed by atoms with van der Waals surface area (Å²) in [5.74, 6) is 0.401. The Balaban J connectivity index is 2.02. The number of carbonyl (C=O) groups excluding carboxylic acids is 1. The Kier molecular flexibility index (Phi) is 3.65. The van der Waals surface area contributed by atoms with Crippen LogP contribution < -0.4 is 5.73 Å². The van der Waals surface area contributed by atoms with Crippen molar-refractivity contribution in [2.24, 2.45) is 0 Å². The Morgan fingerprint density at radius 3 is 2.82 bits per heavy atom. The molecule has 0 aliphatic heterocycles. The maximum Gasteiger partial charge on any atom is 0.354 e. The maximum absolute atomic E-state index is 11.7. The summed E-state index contributed by atoms with van der Waals surface area (Å²) in [4.78, 5) is 14.6. The first-order valence-corrected chi connectivity index (χ1v) is 6.87. The van der Waals surface area contributed by atoms with E-state index in [9.17, 15) is 4.79 Å². The molecule has 112 valence electrons. The highest BCUT2D eigenvalue weighted by Crippen LogP contribution is 2.36. The smallest absolute Gasteiger partial charge is 0.354 e. The molecule has 2 aromatic heterocycles. The number of esters is 1. The summed E-state index contributed by atoms with van der Waals surface area (Å²) in [6, 6.07) is 11.2. The molecular weight excluding hydrogens is 282 g/mol. The van der Waals surface area contributed by atoms with Crippen molar-refractivity contribution in [3.63, 3.8) is 0 Å². The lowest BCUT2D eigenvalue weighted by molar-refractivity contribution is 0.0520. The first-order valence-electron chi connectivity index (χ1n) is 6.87. The Morgan fingerprint density at radius 1 is 1.32 bits per heavy atom. The van der Waals surface area contributed by atoms with Gasteiger partial charge in [-0.05, 0) is 18.6 Å². The molecular formula is C16H15N3O3. The average Bonchev–Trinajstić information content (AvgIpc) is 3.15. The van der Waals surface area contributed by atoms with E-state index in [1.807, 2.05) is 30.3 Å². The third kappa shape index (κ3) is 2.46. The van der Waals surface area contributed by atoms with Crippen LogP contribution in [0.1, 0.15) is 17.4 Å².